The van der Waals surface area contributed by atoms with Crippen LogP contribution in [-0.2, 0) is 0 Å². The molecule has 0 atom stereocenters. The van der Waals surface area contributed by atoms with Gasteiger partial charge in [-0.1, -0.05) is 171 Å². The van der Waals surface area contributed by atoms with Crippen molar-refractivity contribution >= 4 is 69.6 Å². The largest absolute Gasteiger partial charge is 0.0784 e. The van der Waals surface area contributed by atoms with Gasteiger partial charge < -0.3 is 0 Å². The Balaban J connectivity index is 1.22. The van der Waals surface area contributed by atoms with E-state index in [1.807, 2.05) is 0 Å². The van der Waals surface area contributed by atoms with Crippen molar-refractivity contribution in [1.29, 1.82) is 0 Å². The molecule has 0 nitrogen and oxygen atoms in total. The summed E-state index contributed by atoms with van der Waals surface area (Å²) in [6, 6.07) is 55.0. The molecule has 0 saturated carbocycles. The molecule has 0 radical (unpaired) electrons. The zero-order valence-corrected chi connectivity index (χ0v) is 30.9. The van der Waals surface area contributed by atoms with Crippen molar-refractivity contribution in [1.82, 2.24) is 0 Å². The third kappa shape index (κ3) is 5.39. The van der Waals surface area contributed by atoms with Crippen LogP contribution >= 0.6 is 0 Å². The Labute approximate surface area is 286 Å². The zero-order valence-electron chi connectivity index (χ0n) is 28.9. The summed E-state index contributed by atoms with van der Waals surface area (Å²) in [6.07, 6.45) is 0. The van der Waals surface area contributed by atoms with Gasteiger partial charge in [0.2, 0.25) is 0 Å². The van der Waals surface area contributed by atoms with Crippen molar-refractivity contribution in [2.75, 3.05) is 0 Å². The topological polar surface area (TPSA) is 0 Å². The van der Waals surface area contributed by atoms with Gasteiger partial charge >= 0.3 is 0 Å². The number of fused-ring (bicyclic) bond motifs is 5. The van der Waals surface area contributed by atoms with E-state index in [0.29, 0.717) is 0 Å². The van der Waals surface area contributed by atoms with Gasteiger partial charge in [0.25, 0.3) is 0 Å². The van der Waals surface area contributed by atoms with Crippen LogP contribution in [0.5, 0.6) is 0 Å². The maximum Gasteiger partial charge on any atom is 0.0784 e. The summed E-state index contributed by atoms with van der Waals surface area (Å²) in [5, 5.41) is 13.7. The molecule has 0 aromatic heterocycles. The molecule has 0 spiro atoms. The van der Waals surface area contributed by atoms with E-state index in [-0.39, 0.29) is 0 Å². The molecule has 8 aromatic rings. The summed E-state index contributed by atoms with van der Waals surface area (Å²) in [7, 11) is -3.15. The second-order valence-corrected chi connectivity index (χ2v) is 25.5. The lowest BCUT2D eigenvalue weighted by atomic mass is 9.91. The van der Waals surface area contributed by atoms with Crippen molar-refractivity contribution in [2.45, 2.75) is 39.3 Å². The van der Waals surface area contributed by atoms with Gasteiger partial charge in [-0.05, 0) is 101 Å². The van der Waals surface area contributed by atoms with Crippen LogP contribution in [0.1, 0.15) is 0 Å². The molecule has 0 unspecified atom stereocenters. The maximum atomic E-state index is 2.49. The van der Waals surface area contributed by atoms with Crippen LogP contribution < -0.4 is 10.4 Å². The lowest BCUT2D eigenvalue weighted by molar-refractivity contribution is 1.61. The summed E-state index contributed by atoms with van der Waals surface area (Å²) in [6.45, 7) is 14.7. The highest BCUT2D eigenvalue weighted by atomic mass is 28.3. The minimum Gasteiger partial charge on any atom is -0.0656 e. The Morgan fingerprint density at radius 3 is 1.54 bits per heavy atom. The molecular weight excluding hydrogens is 609 g/mol. The normalized spacial score (nSPS) is 12.4. The molecule has 0 saturated heterocycles. The van der Waals surface area contributed by atoms with Crippen molar-refractivity contribution < 1.29 is 0 Å². The second kappa shape index (κ2) is 11.4. The van der Waals surface area contributed by atoms with Gasteiger partial charge in [-0.3, -0.25) is 0 Å². The first kappa shape index (κ1) is 30.6. The van der Waals surface area contributed by atoms with E-state index in [4.69, 9.17) is 0 Å². The lowest BCUT2D eigenvalue weighted by Crippen LogP contribution is -2.38. The van der Waals surface area contributed by atoms with Crippen LogP contribution in [0, 0.1) is 0 Å². The average Bonchev–Trinajstić information content (AvgIpc) is 3.09. The van der Waals surface area contributed by atoms with Gasteiger partial charge in [0.1, 0.15) is 0 Å². The number of hydrogen-bond donors (Lipinski definition) is 0. The molecule has 0 aliphatic rings. The minimum absolute atomic E-state index is 1.27. The molecule has 48 heavy (non-hydrogen) atoms. The monoisotopic (exact) mass is 650 g/mol. The summed E-state index contributed by atoms with van der Waals surface area (Å²) >= 11 is 0. The summed E-state index contributed by atoms with van der Waals surface area (Å²) in [5.74, 6) is 0. The number of rotatable bonds is 5. The van der Waals surface area contributed by atoms with Gasteiger partial charge in [0.15, 0.2) is 0 Å². The van der Waals surface area contributed by atoms with Gasteiger partial charge in [0.05, 0.1) is 16.1 Å². The predicted molar refractivity (Wildman–Crippen MR) is 219 cm³/mol. The average molecular weight is 651 g/mol. The zero-order chi connectivity index (χ0) is 33.2. The molecule has 0 amide bonds. The highest BCUT2D eigenvalue weighted by molar-refractivity contribution is 6.91. The standard InChI is InChI=1S/C46H42Si2/c1-47(2,3)45-17-11-13-33-22-23-34(27-43(33)45)31-18-20-32(21-19-31)38-26-36-24-25-37(29-44(36)46(30-38)48(4,5)6)42-28-35-12-7-8-14-39(35)40-15-9-10-16-41(40)42/h7-30H,1-6H3. The molecule has 0 aliphatic heterocycles. The highest BCUT2D eigenvalue weighted by Crippen LogP contribution is 2.37. The Kier molecular flexibility index (Phi) is 7.28. The van der Waals surface area contributed by atoms with Crippen LogP contribution in [-0.4, -0.2) is 16.1 Å². The summed E-state index contributed by atoms with van der Waals surface area (Å²) in [5.41, 5.74) is 7.72. The number of benzene rings is 8. The van der Waals surface area contributed by atoms with Crippen molar-refractivity contribution in [3.05, 3.63) is 146 Å². The van der Waals surface area contributed by atoms with Crippen LogP contribution in [0.15, 0.2) is 146 Å². The Bertz CT molecular complexity index is 2510. The van der Waals surface area contributed by atoms with E-state index in [2.05, 4.69) is 185 Å². The van der Waals surface area contributed by atoms with Gasteiger partial charge in [-0.2, -0.15) is 0 Å². The SMILES string of the molecule is C[Si](C)(C)c1cccc2ccc(-c3ccc(-c4cc([Si](C)(C)C)c5cc(-c6cc7ccccc7c7ccccc67)ccc5c4)cc3)cc12. The molecule has 0 fully saturated rings. The third-order valence-electron chi connectivity index (χ3n) is 10.1. The molecule has 8 aromatic carbocycles. The molecule has 2 heteroatoms. The van der Waals surface area contributed by atoms with Gasteiger partial charge in [-0.15, -0.1) is 0 Å². The molecule has 8 rings (SSSR count). The van der Waals surface area contributed by atoms with E-state index in [9.17, 15) is 0 Å². The van der Waals surface area contributed by atoms with E-state index < -0.39 is 16.1 Å². The van der Waals surface area contributed by atoms with Crippen LogP contribution in [0.2, 0.25) is 39.3 Å². The van der Waals surface area contributed by atoms with Crippen molar-refractivity contribution in [2.24, 2.45) is 0 Å². The van der Waals surface area contributed by atoms with E-state index >= 15 is 0 Å². The Morgan fingerprint density at radius 1 is 0.292 bits per heavy atom. The first-order valence-corrected chi connectivity index (χ1v) is 24.2. The lowest BCUT2D eigenvalue weighted by Gasteiger charge is -2.22. The smallest absolute Gasteiger partial charge is 0.0656 e. The van der Waals surface area contributed by atoms with E-state index in [1.54, 1.807) is 0 Å². The van der Waals surface area contributed by atoms with Gasteiger partial charge in [-0.25, -0.2) is 0 Å². The molecule has 0 bridgehead atoms. The molecule has 0 heterocycles. The van der Waals surface area contributed by atoms with E-state index in [0.717, 1.165) is 0 Å². The first-order chi connectivity index (χ1) is 23.0. The van der Waals surface area contributed by atoms with Crippen LogP contribution in [0.3, 0.4) is 0 Å². The van der Waals surface area contributed by atoms with E-state index in [1.165, 1.54) is 86.8 Å². The third-order valence-corrected chi connectivity index (χ3v) is 14.2. The summed E-state index contributed by atoms with van der Waals surface area (Å²) < 4.78 is 0. The fraction of sp³-hybridized carbons (Fsp3) is 0.130. The predicted octanol–water partition coefficient (Wildman–Crippen LogP) is 12.4. The minimum atomic E-state index is -1.69. The van der Waals surface area contributed by atoms with Crippen molar-refractivity contribution in [3.8, 4) is 33.4 Å². The van der Waals surface area contributed by atoms with Crippen molar-refractivity contribution in [3.63, 3.8) is 0 Å². The Hall–Kier alpha value is -4.77. The summed E-state index contributed by atoms with van der Waals surface area (Å²) in [4.78, 5) is 0. The van der Waals surface area contributed by atoms with Crippen LogP contribution in [0.25, 0.3) is 76.5 Å². The molecule has 0 N–H and O–H groups in total. The Morgan fingerprint density at radius 2 is 0.812 bits per heavy atom. The number of hydrogen-bond acceptors (Lipinski definition) is 0. The van der Waals surface area contributed by atoms with Gasteiger partial charge in [0, 0.05) is 0 Å². The molecular formula is C46H42Si2. The highest BCUT2D eigenvalue weighted by Gasteiger charge is 2.22. The first-order valence-electron chi connectivity index (χ1n) is 17.2. The fourth-order valence-corrected chi connectivity index (χ4v) is 10.8. The fourth-order valence-electron chi connectivity index (χ4n) is 7.57. The maximum absolute atomic E-state index is 2.49. The molecule has 234 valence electrons. The van der Waals surface area contributed by atoms with Crippen LogP contribution in [0.4, 0.5) is 0 Å². The quantitative estimate of drug-likeness (QED) is 0.128. The molecule has 0 aliphatic carbocycles. The second-order valence-electron chi connectivity index (χ2n) is 15.5.